The lowest BCUT2D eigenvalue weighted by atomic mass is 10.2. The van der Waals surface area contributed by atoms with E-state index in [1.165, 1.54) is 35.9 Å². The summed E-state index contributed by atoms with van der Waals surface area (Å²) in [5.41, 5.74) is 2.21. The third kappa shape index (κ3) is 7.40. The molecule has 2 amide bonds. The predicted molar refractivity (Wildman–Crippen MR) is 146 cm³/mol. The van der Waals surface area contributed by atoms with Crippen LogP contribution in [0.3, 0.4) is 0 Å². The van der Waals surface area contributed by atoms with Crippen LogP contribution < -0.4 is 24.9 Å². The number of amides is 2. The Kier molecular flexibility index (Phi) is 9.39. The SMILES string of the molecule is C=CC(=O)N(C)c1cc(Nc2ccnc(N(Cl)CCCNC(=O)c3ccc(N(C)C)cc3)n2)ccc1F. The molecule has 3 aromatic rings. The zero-order chi connectivity index (χ0) is 26.9. The van der Waals surface area contributed by atoms with Gasteiger partial charge in [0.15, 0.2) is 0 Å². The van der Waals surface area contributed by atoms with Crippen molar-refractivity contribution in [3.05, 3.63) is 78.8 Å². The molecule has 3 rings (SSSR count). The average molecular weight is 526 g/mol. The third-order valence-electron chi connectivity index (χ3n) is 5.41. The number of halogens is 2. The van der Waals surface area contributed by atoms with Gasteiger partial charge in [-0.25, -0.2) is 9.37 Å². The molecule has 0 aliphatic rings. The first-order valence-electron chi connectivity index (χ1n) is 11.5. The number of carbonyl (C=O) groups is 2. The van der Waals surface area contributed by atoms with Gasteiger partial charge in [0.25, 0.3) is 5.91 Å². The second-order valence-corrected chi connectivity index (χ2v) is 8.68. The molecule has 0 bridgehead atoms. The topological polar surface area (TPSA) is 93.7 Å². The van der Waals surface area contributed by atoms with Gasteiger partial charge in [-0.1, -0.05) is 6.58 Å². The van der Waals surface area contributed by atoms with Gasteiger partial charge in [-0.05, 0) is 61.0 Å². The summed E-state index contributed by atoms with van der Waals surface area (Å²) in [5.74, 6) is -0.445. The van der Waals surface area contributed by atoms with E-state index >= 15 is 0 Å². The summed E-state index contributed by atoms with van der Waals surface area (Å²) in [6, 6.07) is 13.3. The molecular formula is C26H29ClFN7O2. The number of hydrogen-bond acceptors (Lipinski definition) is 7. The molecule has 1 heterocycles. The van der Waals surface area contributed by atoms with E-state index in [1.807, 2.05) is 31.1 Å². The van der Waals surface area contributed by atoms with Crippen molar-refractivity contribution in [2.45, 2.75) is 6.42 Å². The van der Waals surface area contributed by atoms with Crippen LogP contribution in [-0.2, 0) is 4.79 Å². The maximum atomic E-state index is 14.2. The first kappa shape index (κ1) is 27.4. The fourth-order valence-corrected chi connectivity index (χ4v) is 3.52. The van der Waals surface area contributed by atoms with E-state index in [0.717, 1.165) is 16.7 Å². The molecule has 0 unspecified atom stereocenters. The van der Waals surface area contributed by atoms with Crippen molar-refractivity contribution >= 4 is 52.4 Å². The Morgan fingerprint density at radius 2 is 1.84 bits per heavy atom. The second-order valence-electron chi connectivity index (χ2n) is 8.27. The lowest BCUT2D eigenvalue weighted by Crippen LogP contribution is -2.27. The number of benzene rings is 2. The van der Waals surface area contributed by atoms with E-state index in [9.17, 15) is 14.0 Å². The van der Waals surface area contributed by atoms with E-state index < -0.39 is 11.7 Å². The molecule has 0 atom stereocenters. The first-order chi connectivity index (χ1) is 17.7. The Bertz CT molecular complexity index is 1250. The Balaban J connectivity index is 1.54. The highest BCUT2D eigenvalue weighted by atomic mass is 35.5. The number of carbonyl (C=O) groups excluding carboxylic acids is 2. The van der Waals surface area contributed by atoms with Crippen molar-refractivity contribution in [1.29, 1.82) is 0 Å². The van der Waals surface area contributed by atoms with Gasteiger partial charge in [0, 0.05) is 69.1 Å². The van der Waals surface area contributed by atoms with Crippen LogP contribution in [-0.4, -0.2) is 56.0 Å². The van der Waals surface area contributed by atoms with Crippen LogP contribution in [0.5, 0.6) is 0 Å². The normalized spacial score (nSPS) is 10.4. The fourth-order valence-electron chi connectivity index (χ4n) is 3.32. The van der Waals surface area contributed by atoms with Crippen molar-refractivity contribution in [3.63, 3.8) is 0 Å². The molecule has 0 spiro atoms. The van der Waals surface area contributed by atoms with Crippen molar-refractivity contribution in [3.8, 4) is 0 Å². The van der Waals surface area contributed by atoms with Crippen LogP contribution in [0.25, 0.3) is 0 Å². The number of anilines is 5. The summed E-state index contributed by atoms with van der Waals surface area (Å²) < 4.78 is 15.6. The zero-order valence-corrected chi connectivity index (χ0v) is 21.7. The van der Waals surface area contributed by atoms with Crippen LogP contribution in [0.1, 0.15) is 16.8 Å². The molecule has 0 aliphatic carbocycles. The van der Waals surface area contributed by atoms with Crippen molar-refractivity contribution in [2.75, 3.05) is 53.8 Å². The van der Waals surface area contributed by atoms with Crippen LogP contribution in [0.15, 0.2) is 67.4 Å². The lowest BCUT2D eigenvalue weighted by Gasteiger charge is -2.18. The van der Waals surface area contributed by atoms with E-state index in [1.54, 1.807) is 18.2 Å². The monoisotopic (exact) mass is 525 g/mol. The quantitative estimate of drug-likeness (QED) is 0.218. The standard InChI is InChI=1S/C26H29ClFN7O2/c1-5-24(36)34(4)22-17-19(9-12-21(22)28)31-23-13-15-30-26(32-23)35(27)16-6-14-29-25(37)18-7-10-20(11-8-18)33(2)3/h5,7-13,15,17H,1,6,14,16H2,2-4H3,(H,29,37)(H,30,31,32). The number of likely N-dealkylation sites (N-methyl/N-ethyl adjacent to an activating group) is 1. The van der Waals surface area contributed by atoms with Crippen molar-refractivity contribution < 1.29 is 14.0 Å². The molecule has 9 nitrogen and oxygen atoms in total. The van der Waals surface area contributed by atoms with Crippen LogP contribution in [0.2, 0.25) is 0 Å². The van der Waals surface area contributed by atoms with Gasteiger partial charge < -0.3 is 20.4 Å². The highest BCUT2D eigenvalue weighted by Gasteiger charge is 2.14. The molecule has 1 aromatic heterocycles. The van der Waals surface area contributed by atoms with Gasteiger partial charge in [-0.2, -0.15) is 4.98 Å². The molecule has 194 valence electrons. The smallest absolute Gasteiger partial charge is 0.251 e. The van der Waals surface area contributed by atoms with Gasteiger partial charge in [0.05, 0.1) is 5.69 Å². The van der Waals surface area contributed by atoms with Gasteiger partial charge >= 0.3 is 0 Å². The van der Waals surface area contributed by atoms with E-state index in [0.29, 0.717) is 36.6 Å². The predicted octanol–water partition coefficient (Wildman–Crippen LogP) is 4.35. The van der Waals surface area contributed by atoms with E-state index in [-0.39, 0.29) is 17.5 Å². The number of nitrogens with one attached hydrogen (secondary N) is 2. The second kappa shape index (κ2) is 12.7. The fraction of sp³-hybridized carbons (Fsp3) is 0.231. The highest BCUT2D eigenvalue weighted by molar-refractivity contribution is 6.25. The molecule has 0 saturated carbocycles. The summed E-state index contributed by atoms with van der Waals surface area (Å²) >= 11 is 6.36. The third-order valence-corrected chi connectivity index (χ3v) is 5.73. The molecule has 0 fully saturated rings. The molecule has 11 heteroatoms. The first-order valence-corrected chi connectivity index (χ1v) is 11.8. The summed E-state index contributed by atoms with van der Waals surface area (Å²) in [6.45, 7) is 4.24. The molecule has 2 N–H and O–H groups in total. The minimum atomic E-state index is -0.545. The maximum Gasteiger partial charge on any atom is 0.251 e. The van der Waals surface area contributed by atoms with E-state index in [4.69, 9.17) is 11.8 Å². The molecule has 0 radical (unpaired) electrons. The van der Waals surface area contributed by atoms with E-state index in [2.05, 4.69) is 27.2 Å². The minimum Gasteiger partial charge on any atom is -0.378 e. The molecule has 0 aliphatic heterocycles. The zero-order valence-electron chi connectivity index (χ0n) is 20.9. The number of hydrogen-bond donors (Lipinski definition) is 2. The minimum absolute atomic E-state index is 0.0961. The van der Waals surface area contributed by atoms with Crippen LogP contribution >= 0.6 is 11.8 Å². The van der Waals surface area contributed by atoms with Crippen molar-refractivity contribution in [2.24, 2.45) is 0 Å². The van der Waals surface area contributed by atoms with Gasteiger partial charge in [-0.15, -0.1) is 0 Å². The molecular weight excluding hydrogens is 497 g/mol. The molecule has 2 aromatic carbocycles. The Morgan fingerprint density at radius 1 is 1.11 bits per heavy atom. The average Bonchev–Trinajstić information content (AvgIpc) is 2.91. The Hall–Kier alpha value is -4.18. The Labute approximate surface area is 220 Å². The summed E-state index contributed by atoms with van der Waals surface area (Å²) in [6.07, 6.45) is 3.22. The molecule has 0 saturated heterocycles. The number of nitrogens with zero attached hydrogens (tertiary/aromatic N) is 5. The number of aromatic nitrogens is 2. The largest absolute Gasteiger partial charge is 0.378 e. The lowest BCUT2D eigenvalue weighted by molar-refractivity contribution is -0.113. The van der Waals surface area contributed by atoms with Crippen molar-refractivity contribution in [1.82, 2.24) is 15.3 Å². The maximum absolute atomic E-state index is 14.2. The summed E-state index contributed by atoms with van der Waals surface area (Å²) in [5, 5.41) is 5.94. The Morgan fingerprint density at radius 3 is 2.51 bits per heavy atom. The molecule has 37 heavy (non-hydrogen) atoms. The van der Waals surface area contributed by atoms with Gasteiger partial charge in [-0.3, -0.25) is 14.0 Å². The summed E-state index contributed by atoms with van der Waals surface area (Å²) in [4.78, 5) is 35.9. The summed E-state index contributed by atoms with van der Waals surface area (Å²) in [7, 11) is 5.34. The highest BCUT2D eigenvalue weighted by Crippen LogP contribution is 2.25. The van der Waals surface area contributed by atoms with Crippen LogP contribution in [0.4, 0.5) is 33.2 Å². The van der Waals surface area contributed by atoms with Crippen LogP contribution in [0, 0.1) is 5.82 Å². The van der Waals surface area contributed by atoms with Gasteiger partial charge in [0.1, 0.15) is 11.6 Å². The number of rotatable bonds is 11. The van der Waals surface area contributed by atoms with Gasteiger partial charge in [0.2, 0.25) is 11.9 Å².